The third-order valence-corrected chi connectivity index (χ3v) is 4.26. The number of carbonyl (C=O) groups excluding carboxylic acids is 2. The molecule has 0 bridgehead atoms. The molecule has 0 unspecified atom stereocenters. The van der Waals surface area contributed by atoms with Crippen molar-refractivity contribution < 1.29 is 18.9 Å². The molecule has 6 nitrogen and oxygen atoms in total. The number of amides is 2. The molecule has 0 spiro atoms. The second-order valence-corrected chi connectivity index (χ2v) is 5.56. The summed E-state index contributed by atoms with van der Waals surface area (Å²) in [4.78, 5) is 35.9. The first-order valence-corrected chi connectivity index (χ1v) is 6.90. The Balaban J connectivity index is 2.03. The quantitative estimate of drug-likeness (QED) is 0.364. The number of nitrogens with zero attached hydrogens (tertiary/aromatic N) is 2. The number of allylic oxidation sites excluding steroid dienone is 2. The third-order valence-electron chi connectivity index (χ3n) is 4.26. The fourth-order valence-electron chi connectivity index (χ4n) is 3.18. The molecule has 1 aromatic carbocycles. The Morgan fingerprint density at radius 1 is 1.32 bits per heavy atom. The molecule has 3 rings (SSSR count). The van der Waals surface area contributed by atoms with Crippen LogP contribution in [0, 0.1) is 33.7 Å². The Morgan fingerprint density at radius 3 is 2.68 bits per heavy atom. The molecule has 1 saturated heterocycles. The summed E-state index contributed by atoms with van der Waals surface area (Å²) in [5.74, 6) is -2.74. The van der Waals surface area contributed by atoms with E-state index in [0.29, 0.717) is 6.42 Å². The molecular weight excluding hydrogens is 291 g/mol. The van der Waals surface area contributed by atoms with Crippen LogP contribution >= 0.6 is 0 Å². The van der Waals surface area contributed by atoms with Crippen LogP contribution in [0.1, 0.15) is 13.3 Å². The zero-order valence-corrected chi connectivity index (χ0v) is 11.7. The van der Waals surface area contributed by atoms with Crippen molar-refractivity contribution >= 4 is 23.2 Å². The van der Waals surface area contributed by atoms with Gasteiger partial charge in [-0.05, 0) is 24.5 Å². The van der Waals surface area contributed by atoms with E-state index in [1.165, 1.54) is 6.07 Å². The predicted molar refractivity (Wildman–Crippen MR) is 75.4 cm³/mol. The summed E-state index contributed by atoms with van der Waals surface area (Å²) >= 11 is 0. The van der Waals surface area contributed by atoms with E-state index < -0.39 is 28.3 Å². The van der Waals surface area contributed by atoms with Gasteiger partial charge in [-0.3, -0.25) is 19.7 Å². The fraction of sp³-hybridized carbons (Fsp3) is 0.333. The van der Waals surface area contributed by atoms with Crippen molar-refractivity contribution in [1.29, 1.82) is 0 Å². The van der Waals surface area contributed by atoms with Crippen LogP contribution in [0.15, 0.2) is 30.4 Å². The van der Waals surface area contributed by atoms with Crippen molar-refractivity contribution in [3.05, 3.63) is 46.3 Å². The second-order valence-electron chi connectivity index (χ2n) is 5.56. The van der Waals surface area contributed by atoms with E-state index >= 15 is 0 Å². The lowest BCUT2D eigenvalue weighted by Gasteiger charge is -2.22. The van der Waals surface area contributed by atoms with Crippen molar-refractivity contribution in [2.24, 2.45) is 17.8 Å². The van der Waals surface area contributed by atoms with Crippen LogP contribution in [-0.4, -0.2) is 16.7 Å². The summed E-state index contributed by atoms with van der Waals surface area (Å²) in [5.41, 5.74) is -0.705. The maximum Gasteiger partial charge on any atom is 0.306 e. The van der Waals surface area contributed by atoms with Crippen LogP contribution in [0.4, 0.5) is 15.8 Å². The molecule has 2 aliphatic rings. The molecule has 114 valence electrons. The van der Waals surface area contributed by atoms with Crippen LogP contribution in [0.2, 0.25) is 0 Å². The average Bonchev–Trinajstić information content (AvgIpc) is 2.73. The van der Waals surface area contributed by atoms with Crippen LogP contribution in [0.3, 0.4) is 0 Å². The topological polar surface area (TPSA) is 80.5 Å². The van der Waals surface area contributed by atoms with Gasteiger partial charge in [0.15, 0.2) is 0 Å². The monoisotopic (exact) mass is 304 g/mol. The summed E-state index contributed by atoms with van der Waals surface area (Å²) in [7, 11) is 0. The summed E-state index contributed by atoms with van der Waals surface area (Å²) in [5, 5.41) is 10.8. The number of hydrogen-bond acceptors (Lipinski definition) is 4. The first-order chi connectivity index (χ1) is 10.4. The molecule has 2 amide bonds. The Kier molecular flexibility index (Phi) is 3.27. The van der Waals surface area contributed by atoms with E-state index in [2.05, 4.69) is 0 Å². The van der Waals surface area contributed by atoms with Crippen molar-refractivity contribution in [3.8, 4) is 0 Å². The van der Waals surface area contributed by atoms with Gasteiger partial charge in [-0.15, -0.1) is 0 Å². The number of imide groups is 1. The maximum atomic E-state index is 13.4. The van der Waals surface area contributed by atoms with Crippen LogP contribution in [0.25, 0.3) is 0 Å². The molecule has 22 heavy (non-hydrogen) atoms. The van der Waals surface area contributed by atoms with E-state index in [0.717, 1.165) is 17.0 Å². The van der Waals surface area contributed by atoms with Crippen molar-refractivity contribution in [1.82, 2.24) is 0 Å². The largest absolute Gasteiger partial charge is 0.306 e. The summed E-state index contributed by atoms with van der Waals surface area (Å²) in [6.45, 7) is 1.86. The first-order valence-electron chi connectivity index (χ1n) is 6.90. The molecule has 7 heteroatoms. The molecule has 1 heterocycles. The van der Waals surface area contributed by atoms with Gasteiger partial charge >= 0.3 is 5.69 Å². The lowest BCUT2D eigenvalue weighted by Crippen LogP contribution is -2.31. The number of nitro benzene ring substituents is 1. The molecule has 1 aliphatic carbocycles. The normalized spacial score (nSPS) is 27.2. The number of carbonyl (C=O) groups is 2. The number of fused-ring (bicyclic) bond motifs is 1. The zero-order valence-electron chi connectivity index (χ0n) is 11.7. The fourth-order valence-corrected chi connectivity index (χ4v) is 3.18. The summed E-state index contributed by atoms with van der Waals surface area (Å²) in [6, 6.07) is 3.05. The van der Waals surface area contributed by atoms with Crippen LogP contribution in [0.5, 0.6) is 0 Å². The highest BCUT2D eigenvalue weighted by Gasteiger charge is 2.50. The average molecular weight is 304 g/mol. The maximum absolute atomic E-state index is 13.4. The molecule has 1 fully saturated rings. The van der Waals surface area contributed by atoms with E-state index in [9.17, 15) is 24.1 Å². The van der Waals surface area contributed by atoms with E-state index in [1.807, 2.05) is 19.1 Å². The zero-order chi connectivity index (χ0) is 16.0. The minimum Gasteiger partial charge on any atom is -0.274 e. The smallest absolute Gasteiger partial charge is 0.274 e. The van der Waals surface area contributed by atoms with Gasteiger partial charge in [0, 0.05) is 6.07 Å². The van der Waals surface area contributed by atoms with Gasteiger partial charge in [0.05, 0.1) is 22.4 Å². The van der Waals surface area contributed by atoms with Crippen molar-refractivity contribution in [3.63, 3.8) is 0 Å². The number of halogens is 1. The van der Waals surface area contributed by atoms with E-state index in [1.54, 1.807) is 0 Å². The Labute approximate surface area is 125 Å². The SMILES string of the molecule is C[C@@H]1C=CC[C@H]2C(=O)N(c3ccc(F)c([N+](=O)[O-])c3)C(=O)[C@@H]12. The number of anilines is 1. The number of hydrogen-bond donors (Lipinski definition) is 0. The first kappa shape index (κ1) is 14.4. The van der Waals surface area contributed by atoms with Crippen molar-refractivity contribution in [2.75, 3.05) is 4.90 Å². The second kappa shape index (κ2) is 5.01. The molecule has 1 aliphatic heterocycles. The molecule has 0 saturated carbocycles. The lowest BCUT2D eigenvalue weighted by molar-refractivity contribution is -0.387. The molecule has 3 atom stereocenters. The van der Waals surface area contributed by atoms with E-state index in [-0.39, 0.29) is 23.4 Å². The molecule has 0 radical (unpaired) electrons. The van der Waals surface area contributed by atoms with Gasteiger partial charge in [-0.1, -0.05) is 19.1 Å². The number of nitro groups is 1. The summed E-state index contributed by atoms with van der Waals surface area (Å²) < 4.78 is 13.4. The molecular formula is C15H13FN2O4. The minimum atomic E-state index is -1.000. The molecule has 1 aromatic rings. The summed E-state index contributed by atoms with van der Waals surface area (Å²) in [6.07, 6.45) is 4.23. The van der Waals surface area contributed by atoms with Gasteiger partial charge in [0.2, 0.25) is 17.6 Å². The third kappa shape index (κ3) is 2.01. The van der Waals surface area contributed by atoms with E-state index in [4.69, 9.17) is 0 Å². The highest BCUT2D eigenvalue weighted by Crippen LogP contribution is 2.41. The predicted octanol–water partition coefficient (Wildman–Crippen LogP) is 2.44. The molecule has 0 N–H and O–H groups in total. The Bertz CT molecular complexity index is 715. The Morgan fingerprint density at radius 2 is 2.05 bits per heavy atom. The minimum absolute atomic E-state index is 0.0460. The highest BCUT2D eigenvalue weighted by molar-refractivity contribution is 6.22. The standard InChI is InChI=1S/C15H13FN2O4/c1-8-3-2-4-10-13(8)15(20)17(14(10)19)9-5-6-11(16)12(7-9)18(21)22/h2-3,5-8,10,13H,4H2,1H3/t8-,10-,13+/m1/s1. The molecule has 0 aromatic heterocycles. The highest BCUT2D eigenvalue weighted by atomic mass is 19.1. The van der Waals surface area contributed by atoms with Gasteiger partial charge in [-0.25, -0.2) is 4.90 Å². The van der Waals surface area contributed by atoms with Crippen LogP contribution in [-0.2, 0) is 9.59 Å². The van der Waals surface area contributed by atoms with Gasteiger partial charge in [-0.2, -0.15) is 4.39 Å². The van der Waals surface area contributed by atoms with Gasteiger partial charge < -0.3 is 0 Å². The van der Waals surface area contributed by atoms with Crippen LogP contribution < -0.4 is 4.90 Å². The lowest BCUT2D eigenvalue weighted by atomic mass is 9.78. The number of rotatable bonds is 2. The van der Waals surface area contributed by atoms with Crippen molar-refractivity contribution in [2.45, 2.75) is 13.3 Å². The van der Waals surface area contributed by atoms with Gasteiger partial charge in [0.25, 0.3) is 0 Å². The Hall–Kier alpha value is -2.57. The number of benzene rings is 1. The van der Waals surface area contributed by atoms with Gasteiger partial charge in [0.1, 0.15) is 0 Å².